The molecule has 0 aromatic carbocycles. The van der Waals surface area contributed by atoms with Crippen LogP contribution in [0.3, 0.4) is 0 Å². The Bertz CT molecular complexity index is 619. The van der Waals surface area contributed by atoms with Crippen LogP contribution in [0.1, 0.15) is 1.43 Å². The predicted molar refractivity (Wildman–Crippen MR) is 111 cm³/mol. The third-order valence-corrected chi connectivity index (χ3v) is 0.594. The zero-order valence-corrected chi connectivity index (χ0v) is 19.3. The van der Waals surface area contributed by atoms with Gasteiger partial charge in [0.15, 0.2) is 0 Å². The first-order chi connectivity index (χ1) is 10.9. The Morgan fingerprint density at radius 3 is 1.07 bits per heavy atom. The van der Waals surface area contributed by atoms with Gasteiger partial charge in [-0.1, -0.05) is 0 Å². The van der Waals surface area contributed by atoms with Crippen molar-refractivity contribution in [3.63, 3.8) is 0 Å². The Morgan fingerprint density at radius 1 is 0.900 bits per heavy atom. The van der Waals surface area contributed by atoms with Crippen molar-refractivity contribution in [2.45, 2.75) is 0 Å². The molecule has 19 nitrogen and oxygen atoms in total. The number of hydrogen-bond donors (Lipinski definition) is 11. The van der Waals surface area contributed by atoms with Crippen LogP contribution in [0.4, 0.5) is 4.79 Å². The molecule has 0 aromatic rings. The van der Waals surface area contributed by atoms with E-state index in [-0.39, 0.29) is 157 Å². The van der Waals surface area contributed by atoms with Crippen LogP contribution in [-0.2, 0) is 34.6 Å². The van der Waals surface area contributed by atoms with Crippen molar-refractivity contribution in [1.82, 2.24) is 5.48 Å². The van der Waals surface area contributed by atoms with Crippen LogP contribution in [0.25, 0.3) is 0 Å². The van der Waals surface area contributed by atoms with Gasteiger partial charge >= 0.3 is 250 Å². The van der Waals surface area contributed by atoms with Crippen LogP contribution >= 0.6 is 19.4 Å². The van der Waals surface area contributed by atoms with E-state index in [0.717, 1.165) is 0 Å². The molecule has 0 spiro atoms. The molecule has 0 aliphatic heterocycles. The maximum absolute atomic E-state index is 9.74. The van der Waals surface area contributed by atoms with Gasteiger partial charge in [-0.25, -0.2) is 19.4 Å². The topological polar surface area (TPSA) is 349 Å². The third kappa shape index (κ3) is 253. The van der Waals surface area contributed by atoms with Gasteiger partial charge in [-0.3, -0.25) is 18.2 Å². The number of phosphoric acid groups is 2. The second-order valence-corrected chi connectivity index (χ2v) is 6.44. The molecule has 0 heterocycles. The Balaban J connectivity index is -0.0000000226. The summed E-state index contributed by atoms with van der Waals surface area (Å²) in [5, 5.41) is 0. The number of rotatable bonds is 2. The van der Waals surface area contributed by atoms with Gasteiger partial charge in [0, 0.05) is 0 Å². The summed E-state index contributed by atoms with van der Waals surface area (Å²) in [5.41, 5.74) is 5.64. The number of nitrogens with one attached hydrogen (secondary N) is 1. The van der Waals surface area contributed by atoms with Crippen LogP contribution in [-0.4, -0.2) is 268 Å². The number of primary amides is 1. The first-order valence-electron chi connectivity index (χ1n) is 4.27. The van der Waals surface area contributed by atoms with Crippen molar-refractivity contribution in [2.24, 2.45) is 5.73 Å². The second kappa shape index (κ2) is 33.2. The molecule has 29 heteroatoms. The van der Waals surface area contributed by atoms with E-state index in [1.807, 2.05) is 0 Å². The van der Waals surface area contributed by atoms with Gasteiger partial charge in [0.25, 0.3) is 0 Å². The van der Waals surface area contributed by atoms with Gasteiger partial charge in [0.2, 0.25) is 0 Å². The average Bonchev–Trinajstić information content (AvgIpc) is 2.21. The zero-order chi connectivity index (χ0) is 23.0. The second-order valence-electron chi connectivity index (χ2n) is 2.46. The van der Waals surface area contributed by atoms with Crippen LogP contribution in [0.15, 0.2) is 0 Å². The van der Waals surface area contributed by atoms with Crippen LogP contribution in [0.5, 0.6) is 0 Å². The molecule has 0 aromatic heterocycles. The van der Waals surface area contributed by atoms with Gasteiger partial charge in [0.05, 0.1) is 0 Å². The molecule has 0 aliphatic carbocycles. The van der Waals surface area contributed by atoms with Crippen molar-refractivity contribution >= 4 is 249 Å². The summed E-state index contributed by atoms with van der Waals surface area (Å²) in [7, 11) is -18.6. The number of carbonyl (C=O) groups is 1. The minimum absolute atomic E-state index is 0. The predicted octanol–water partition coefficient (Wildman–Crippen LogP) is -6.00. The van der Waals surface area contributed by atoms with Crippen LogP contribution in [0.2, 0.25) is 0 Å². The van der Waals surface area contributed by atoms with Crippen LogP contribution in [0, 0.1) is 0 Å². The summed E-state index contributed by atoms with van der Waals surface area (Å²) in [4.78, 5) is 47.0. The van der Waals surface area contributed by atoms with Gasteiger partial charge in [-0.05, 0) is 0 Å². The van der Waals surface area contributed by atoms with Crippen molar-refractivity contribution in [3.05, 3.63) is 0 Å². The third-order valence-electron chi connectivity index (χ3n) is 0.265. The van der Waals surface area contributed by atoms with E-state index in [1.54, 1.807) is 0 Å². The first-order valence-corrected chi connectivity index (χ1v) is 14.5. The summed E-state index contributed by atoms with van der Waals surface area (Å²) in [6.07, 6.45) is 0. The van der Waals surface area contributed by atoms with Crippen molar-refractivity contribution < 1.29 is 79.5 Å². The Hall–Kier alpha value is 6.20. The average molecular weight is 656 g/mol. The SMILES string of the molecule is NC(=O)NOP(=O)(O)O.O=P(O)(O)O.O=S(=O)(O)O.O=S(=O)(O)O.[Cl][K].[H+].[KH].[KH].[MgH2].[NaH]. The van der Waals surface area contributed by atoms with Crippen LogP contribution < -0.4 is 11.2 Å². The number of nitrogens with two attached hydrogens (primary N) is 1. The standard InChI is InChI=1S/CH5N2O5P.ClH.3K.Mg.Na.H3O4P.2H2O4S.5H/c2-1(4)3-8-9(5,6)7;;;;;;;3*1-5(2,3)4;;;;;/h(H3,2,3,4)(H2,5,6,7);1H;;;;;;(H3,1,2,3,4);2*(H2,1,2,3,4);;;;;/q;;;;+1;;;;;;;;;;. The molecule has 0 saturated heterocycles. The molecule has 0 bridgehead atoms. The van der Waals surface area contributed by atoms with Gasteiger partial charge in [-0.2, -0.15) is 21.5 Å². The van der Waals surface area contributed by atoms with Crippen molar-refractivity contribution in [2.75, 3.05) is 0 Å². The van der Waals surface area contributed by atoms with E-state index in [1.165, 1.54) is 5.48 Å². The fourth-order valence-corrected chi connectivity index (χ4v) is 0.313. The Labute approximate surface area is 330 Å². The number of urea groups is 1. The molecule has 0 unspecified atom stereocenters. The molecule has 2 amide bonds. The number of hydroxylamine groups is 1. The fraction of sp³-hybridized carbons (Fsp3) is 0. The normalized spacial score (nSPS) is 9.33. The fourth-order valence-electron chi connectivity index (χ4n) is 0.104. The van der Waals surface area contributed by atoms with E-state index in [2.05, 4.69) is 10.4 Å². The van der Waals surface area contributed by atoms with Gasteiger partial charge < -0.3 is 30.2 Å². The maximum atomic E-state index is 9.74. The van der Waals surface area contributed by atoms with E-state index in [9.17, 15) is 9.36 Å². The molecule has 0 fully saturated rings. The number of halogens is 1. The monoisotopic (exact) mass is 655 g/mol. The summed E-state index contributed by atoms with van der Waals surface area (Å²) in [5.74, 6) is 0. The Kier molecular flexibility index (Phi) is 67.1. The minimum atomic E-state index is -4.67. The molecular weight excluding hydrogens is 638 g/mol. The number of hydrogen-bond acceptors (Lipinski definition) is 8. The number of amides is 2. The summed E-state index contributed by atoms with van der Waals surface area (Å²) >= 11 is 0.535. The van der Waals surface area contributed by atoms with Crippen molar-refractivity contribution in [3.8, 4) is 0 Å². The summed E-state index contributed by atoms with van der Waals surface area (Å²) < 4.78 is 90.0. The molecule has 12 N–H and O–H groups in total. The molecule has 0 saturated carbocycles. The summed E-state index contributed by atoms with van der Waals surface area (Å²) in [6, 6.07) is -1.17. The molecule has 0 rings (SSSR count). The van der Waals surface area contributed by atoms with E-state index in [0.29, 0.717) is 47.1 Å². The molecule has 0 radical (unpaired) electrons. The zero-order valence-electron chi connectivity index (χ0n) is 13.0. The van der Waals surface area contributed by atoms with Gasteiger partial charge in [-0.15, -0.1) is 0 Å². The first kappa shape index (κ1) is 60.6. The van der Waals surface area contributed by atoms with Crippen molar-refractivity contribution in [1.29, 1.82) is 0 Å². The molecule has 0 atom stereocenters. The summed E-state index contributed by atoms with van der Waals surface area (Å²) in [6.45, 7) is 0. The van der Waals surface area contributed by atoms with Gasteiger partial charge in [0.1, 0.15) is 0 Å². The van der Waals surface area contributed by atoms with E-state index in [4.69, 9.17) is 67.8 Å². The number of carbonyl (C=O) groups excluding carboxylic acids is 1. The Morgan fingerprint density at radius 2 is 1.03 bits per heavy atom. The molecule has 0 aliphatic rings. The molecule has 30 heavy (non-hydrogen) atoms. The molecular formula is CH18ClK3MgN2NaO17P2S2+. The van der Waals surface area contributed by atoms with E-state index >= 15 is 0 Å². The van der Waals surface area contributed by atoms with E-state index < -0.39 is 42.5 Å². The molecule has 168 valence electrons. The quantitative estimate of drug-likeness (QED) is 0.0570.